The maximum atomic E-state index is 13.0. The van der Waals surface area contributed by atoms with Crippen molar-refractivity contribution in [1.29, 1.82) is 0 Å². The Kier molecular flexibility index (Phi) is 5.15. The second-order valence-electron chi connectivity index (χ2n) is 4.21. The van der Waals surface area contributed by atoms with Crippen LogP contribution in [0.15, 0.2) is 47.4 Å². The topological polar surface area (TPSA) is 17.1 Å². The van der Waals surface area contributed by atoms with Crippen molar-refractivity contribution >= 4 is 29.1 Å². The number of halogens is 3. The minimum Gasteiger partial charge on any atom is -0.298 e. The molecule has 0 atom stereocenters. The fourth-order valence-electron chi connectivity index (χ4n) is 1.65. The molecule has 0 N–H and O–H groups in total. The quantitative estimate of drug-likeness (QED) is 0.755. The number of thioether (sulfide) groups is 1. The van der Waals surface area contributed by atoms with Crippen LogP contribution in [0.1, 0.15) is 5.56 Å². The summed E-state index contributed by atoms with van der Waals surface area (Å²) in [5.41, 5.74) is 0.473. The number of ketones is 1. The number of Topliss-reactive ketones (excluding diaryl/α,β-unsaturated/α-hetero) is 1. The molecule has 0 saturated heterocycles. The van der Waals surface area contributed by atoms with E-state index >= 15 is 0 Å². The number of carbonyl (C=O) groups excluding carboxylic acids is 1. The molecule has 0 radical (unpaired) electrons. The molecule has 5 heteroatoms. The molecule has 0 aliphatic carbocycles. The zero-order chi connectivity index (χ0) is 14.5. The Morgan fingerprint density at radius 1 is 1.10 bits per heavy atom. The summed E-state index contributed by atoms with van der Waals surface area (Å²) in [5.74, 6) is -1.63. The number of hydrogen-bond acceptors (Lipinski definition) is 2. The van der Waals surface area contributed by atoms with Crippen molar-refractivity contribution in [2.45, 2.75) is 11.3 Å². The Hall–Kier alpha value is -1.39. The third-order valence-electron chi connectivity index (χ3n) is 2.58. The summed E-state index contributed by atoms with van der Waals surface area (Å²) in [6, 6.07) is 10.7. The fraction of sp³-hybridized carbons (Fsp3) is 0.133. The molecule has 0 aromatic heterocycles. The van der Waals surface area contributed by atoms with Crippen molar-refractivity contribution in [2.24, 2.45) is 0 Å². The first-order chi connectivity index (χ1) is 9.54. The normalized spacial score (nSPS) is 10.6. The zero-order valence-corrected chi connectivity index (χ0v) is 12.0. The van der Waals surface area contributed by atoms with Gasteiger partial charge in [0.05, 0.1) is 5.75 Å². The van der Waals surface area contributed by atoms with Gasteiger partial charge in [-0.1, -0.05) is 23.7 Å². The number of benzene rings is 2. The average Bonchev–Trinajstić information content (AvgIpc) is 2.41. The first-order valence-corrected chi connectivity index (χ1v) is 7.25. The molecule has 20 heavy (non-hydrogen) atoms. The van der Waals surface area contributed by atoms with E-state index in [1.165, 1.54) is 17.8 Å². The SMILES string of the molecule is O=C(CSc1cccc(Cl)c1)Cc1ccc(F)c(F)c1. The van der Waals surface area contributed by atoms with Gasteiger partial charge in [-0.15, -0.1) is 11.8 Å². The summed E-state index contributed by atoms with van der Waals surface area (Å²) in [5, 5.41) is 0.614. The fourth-order valence-corrected chi connectivity index (χ4v) is 2.72. The van der Waals surface area contributed by atoms with E-state index < -0.39 is 11.6 Å². The molecule has 0 fully saturated rings. The van der Waals surface area contributed by atoms with E-state index in [9.17, 15) is 13.6 Å². The predicted octanol–water partition coefficient (Wildman–Crippen LogP) is 4.52. The second kappa shape index (κ2) is 6.86. The third kappa shape index (κ3) is 4.32. The highest BCUT2D eigenvalue weighted by atomic mass is 35.5. The maximum Gasteiger partial charge on any atom is 0.159 e. The summed E-state index contributed by atoms with van der Waals surface area (Å²) < 4.78 is 25.8. The summed E-state index contributed by atoms with van der Waals surface area (Å²) in [6.07, 6.45) is 0.0881. The molecule has 0 saturated carbocycles. The van der Waals surface area contributed by atoms with Gasteiger partial charge in [-0.05, 0) is 35.9 Å². The van der Waals surface area contributed by atoms with Crippen LogP contribution in [0.25, 0.3) is 0 Å². The van der Waals surface area contributed by atoms with Crippen LogP contribution in [0, 0.1) is 11.6 Å². The van der Waals surface area contributed by atoms with Crippen molar-refractivity contribution in [3.05, 3.63) is 64.7 Å². The molecular weight excluding hydrogens is 302 g/mol. The Morgan fingerprint density at radius 3 is 2.60 bits per heavy atom. The Bertz CT molecular complexity index is 631. The molecule has 0 unspecified atom stereocenters. The monoisotopic (exact) mass is 312 g/mol. The van der Waals surface area contributed by atoms with E-state index in [-0.39, 0.29) is 18.0 Å². The van der Waals surface area contributed by atoms with Gasteiger partial charge in [-0.2, -0.15) is 0 Å². The number of carbonyl (C=O) groups is 1. The summed E-state index contributed by atoms with van der Waals surface area (Å²) in [7, 11) is 0. The first-order valence-electron chi connectivity index (χ1n) is 5.88. The van der Waals surface area contributed by atoms with Gasteiger partial charge < -0.3 is 0 Å². The largest absolute Gasteiger partial charge is 0.298 e. The molecule has 1 nitrogen and oxygen atoms in total. The Balaban J connectivity index is 1.91. The summed E-state index contributed by atoms with van der Waals surface area (Å²) >= 11 is 7.21. The summed E-state index contributed by atoms with van der Waals surface area (Å²) in [4.78, 5) is 12.7. The number of rotatable bonds is 5. The van der Waals surface area contributed by atoms with Crippen LogP contribution in [-0.4, -0.2) is 11.5 Å². The average molecular weight is 313 g/mol. The Labute approximate surface area is 125 Å². The van der Waals surface area contributed by atoms with Crippen LogP contribution in [-0.2, 0) is 11.2 Å². The Morgan fingerprint density at radius 2 is 1.90 bits per heavy atom. The molecule has 0 amide bonds. The van der Waals surface area contributed by atoms with E-state index in [1.54, 1.807) is 12.1 Å². The minimum atomic E-state index is -0.933. The maximum absolute atomic E-state index is 13.0. The molecular formula is C15H11ClF2OS. The minimum absolute atomic E-state index is 0.0546. The summed E-state index contributed by atoms with van der Waals surface area (Å²) in [6.45, 7) is 0. The van der Waals surface area contributed by atoms with Crippen LogP contribution < -0.4 is 0 Å². The number of hydrogen-bond donors (Lipinski definition) is 0. The molecule has 0 heterocycles. The van der Waals surface area contributed by atoms with E-state index in [0.717, 1.165) is 17.0 Å². The van der Waals surface area contributed by atoms with Crippen molar-refractivity contribution in [3.8, 4) is 0 Å². The van der Waals surface area contributed by atoms with Gasteiger partial charge in [0.15, 0.2) is 11.6 Å². The van der Waals surface area contributed by atoms with Crippen molar-refractivity contribution in [2.75, 3.05) is 5.75 Å². The van der Waals surface area contributed by atoms with Gasteiger partial charge in [0, 0.05) is 16.3 Å². The highest BCUT2D eigenvalue weighted by molar-refractivity contribution is 8.00. The standard InChI is InChI=1S/C15H11ClF2OS/c16-11-2-1-3-13(8-11)20-9-12(19)6-10-4-5-14(17)15(18)7-10/h1-5,7-8H,6,9H2. The second-order valence-corrected chi connectivity index (χ2v) is 5.70. The lowest BCUT2D eigenvalue weighted by Gasteiger charge is -2.03. The third-order valence-corrected chi connectivity index (χ3v) is 3.87. The van der Waals surface area contributed by atoms with E-state index in [1.807, 2.05) is 12.1 Å². The van der Waals surface area contributed by atoms with Crippen LogP contribution in [0.3, 0.4) is 0 Å². The van der Waals surface area contributed by atoms with E-state index in [2.05, 4.69) is 0 Å². The zero-order valence-electron chi connectivity index (χ0n) is 10.4. The van der Waals surface area contributed by atoms with Crippen LogP contribution in [0.2, 0.25) is 5.02 Å². The van der Waals surface area contributed by atoms with Gasteiger partial charge in [0.1, 0.15) is 5.78 Å². The lowest BCUT2D eigenvalue weighted by Crippen LogP contribution is -2.06. The molecule has 0 spiro atoms. The van der Waals surface area contributed by atoms with Crippen LogP contribution in [0.5, 0.6) is 0 Å². The van der Waals surface area contributed by atoms with Crippen molar-refractivity contribution < 1.29 is 13.6 Å². The molecule has 2 aromatic rings. The van der Waals surface area contributed by atoms with Gasteiger partial charge in [-0.25, -0.2) is 8.78 Å². The molecule has 0 bridgehead atoms. The highest BCUT2D eigenvalue weighted by Gasteiger charge is 2.08. The van der Waals surface area contributed by atoms with Gasteiger partial charge in [-0.3, -0.25) is 4.79 Å². The van der Waals surface area contributed by atoms with Crippen molar-refractivity contribution in [1.82, 2.24) is 0 Å². The van der Waals surface area contributed by atoms with E-state index in [0.29, 0.717) is 10.6 Å². The smallest absolute Gasteiger partial charge is 0.159 e. The van der Waals surface area contributed by atoms with E-state index in [4.69, 9.17) is 11.6 Å². The van der Waals surface area contributed by atoms with Crippen LogP contribution in [0.4, 0.5) is 8.78 Å². The lowest BCUT2D eigenvalue weighted by molar-refractivity contribution is -0.116. The lowest BCUT2D eigenvalue weighted by atomic mass is 10.1. The first kappa shape index (κ1) is 15.0. The van der Waals surface area contributed by atoms with Gasteiger partial charge in [0.2, 0.25) is 0 Å². The molecule has 104 valence electrons. The van der Waals surface area contributed by atoms with Gasteiger partial charge >= 0.3 is 0 Å². The molecule has 0 aliphatic rings. The highest BCUT2D eigenvalue weighted by Crippen LogP contribution is 2.22. The predicted molar refractivity (Wildman–Crippen MR) is 77.2 cm³/mol. The van der Waals surface area contributed by atoms with Crippen LogP contribution >= 0.6 is 23.4 Å². The molecule has 2 rings (SSSR count). The molecule has 0 aliphatic heterocycles. The van der Waals surface area contributed by atoms with Crippen molar-refractivity contribution in [3.63, 3.8) is 0 Å². The molecule has 2 aromatic carbocycles. The van der Waals surface area contributed by atoms with Gasteiger partial charge in [0.25, 0.3) is 0 Å².